The van der Waals surface area contributed by atoms with Gasteiger partial charge < -0.3 is 0 Å². The zero-order valence-electron chi connectivity index (χ0n) is 4.68. The predicted octanol–water partition coefficient (Wildman–Crippen LogP) is 1.99. The van der Waals surface area contributed by atoms with Crippen molar-refractivity contribution in [2.75, 3.05) is 7.05 Å². The molecule has 0 rings (SSSR count). The first kappa shape index (κ1) is 16.5. The van der Waals surface area contributed by atoms with Gasteiger partial charge in [0.05, 0.1) is 7.05 Å². The number of rotatable bonds is 0. The van der Waals surface area contributed by atoms with Gasteiger partial charge in [-0.25, -0.2) is 0 Å². The van der Waals surface area contributed by atoms with Gasteiger partial charge in [0.2, 0.25) is 0 Å². The van der Waals surface area contributed by atoms with Gasteiger partial charge in [-0.2, -0.15) is 4.91 Å². The van der Waals surface area contributed by atoms with Gasteiger partial charge in [-0.3, -0.25) is 0 Å². The molecule has 0 aliphatic carbocycles. The smallest absolute Gasteiger partial charge is 0.0700 e. The van der Waals surface area contributed by atoms with Crippen molar-refractivity contribution in [2.45, 2.75) is 0 Å². The van der Waals surface area contributed by atoms with Crippen LogP contribution in [0.3, 0.4) is 0 Å². The third-order valence-corrected chi connectivity index (χ3v) is 0. The highest BCUT2D eigenvalue weighted by molar-refractivity contribution is 4.22. The molecular formula is C5H11NO. The van der Waals surface area contributed by atoms with Crippen molar-refractivity contribution in [3.8, 4) is 0 Å². The molecule has 0 amide bonds. The second-order valence-corrected chi connectivity index (χ2v) is 0.183. The van der Waals surface area contributed by atoms with Crippen LogP contribution in [0.25, 0.3) is 0 Å². The van der Waals surface area contributed by atoms with Crippen molar-refractivity contribution in [3.05, 3.63) is 31.2 Å². The second kappa shape index (κ2) is 13200. The Balaban J connectivity index is -0.0000000360. The van der Waals surface area contributed by atoms with Crippen molar-refractivity contribution in [3.63, 3.8) is 0 Å². The number of hydrogen-bond acceptors (Lipinski definition) is 2. The Morgan fingerprint density at radius 3 is 1.14 bits per heavy atom. The molecule has 0 radical (unpaired) electrons. The van der Waals surface area contributed by atoms with E-state index in [1.54, 1.807) is 0 Å². The maximum atomic E-state index is 8.56. The minimum atomic E-state index is 1.19. The Morgan fingerprint density at radius 2 is 1.14 bits per heavy atom. The lowest BCUT2D eigenvalue weighted by atomic mass is 11.3. The van der Waals surface area contributed by atoms with E-state index >= 15 is 0 Å². The lowest BCUT2D eigenvalue weighted by Crippen LogP contribution is -1.21. The van der Waals surface area contributed by atoms with Crippen LogP contribution in [0.15, 0.2) is 31.5 Å². The Morgan fingerprint density at radius 1 is 1.14 bits per heavy atom. The summed E-state index contributed by atoms with van der Waals surface area (Å²) in [4.78, 5) is 8.56. The first-order valence-corrected chi connectivity index (χ1v) is 1.63. The Labute approximate surface area is 44.5 Å². The molecule has 0 aromatic carbocycles. The summed E-state index contributed by atoms with van der Waals surface area (Å²) < 4.78 is 0. The molecule has 42 valence electrons. The molecule has 0 fully saturated rings. The lowest BCUT2D eigenvalue weighted by Gasteiger charge is -1.27. The van der Waals surface area contributed by atoms with Gasteiger partial charge in [0.15, 0.2) is 0 Å². The summed E-state index contributed by atoms with van der Waals surface area (Å²) in [5, 5.41) is 2.25. The molecule has 0 bridgehead atoms. The highest BCUT2D eigenvalue weighted by Gasteiger charge is 1.19. The van der Waals surface area contributed by atoms with Crippen molar-refractivity contribution >= 4 is 0 Å². The molecule has 2 heteroatoms. The molecule has 7 heavy (non-hydrogen) atoms. The fourth-order valence-electron chi connectivity index (χ4n) is 0. The maximum absolute atomic E-state index is 8.56. The summed E-state index contributed by atoms with van der Waals surface area (Å²) in [6.45, 7) is 12.0. The van der Waals surface area contributed by atoms with E-state index in [4.69, 9.17) is 4.91 Å². The molecular weight excluding hydrogens is 90.1 g/mol. The summed E-state index contributed by atoms with van der Waals surface area (Å²) in [5.74, 6) is 0. The van der Waals surface area contributed by atoms with Crippen LogP contribution in [-0.4, -0.2) is 7.05 Å². The van der Waals surface area contributed by atoms with E-state index in [9.17, 15) is 0 Å². The van der Waals surface area contributed by atoms with Crippen LogP contribution in [0.2, 0.25) is 0 Å². The molecule has 0 heterocycles. The van der Waals surface area contributed by atoms with Gasteiger partial charge in [0.1, 0.15) is 0 Å². The standard InChI is InChI=1S/2C2H4.CH3NO/c2*1-2;1-2-3/h2*1-2H2;1H3. The maximum Gasteiger partial charge on any atom is 0.0700 e. The molecule has 0 N–H and O–H groups in total. The molecule has 0 aromatic heterocycles. The number of nitrogens with zero attached hydrogens (tertiary/aromatic N) is 1. The van der Waals surface area contributed by atoms with Crippen molar-refractivity contribution < 1.29 is 0 Å². The Hall–Kier alpha value is -0.920. The van der Waals surface area contributed by atoms with E-state index in [1.807, 2.05) is 0 Å². The summed E-state index contributed by atoms with van der Waals surface area (Å²) in [7, 11) is 1.19. The zero-order valence-corrected chi connectivity index (χ0v) is 4.68. The van der Waals surface area contributed by atoms with Crippen molar-refractivity contribution in [1.82, 2.24) is 0 Å². The van der Waals surface area contributed by atoms with Crippen molar-refractivity contribution in [2.24, 2.45) is 5.18 Å². The first-order chi connectivity index (χ1) is 3.41. The van der Waals surface area contributed by atoms with Crippen molar-refractivity contribution in [1.29, 1.82) is 0 Å². The molecule has 0 atom stereocenters. The molecule has 0 aliphatic heterocycles. The normalized spacial score (nSPS) is 3.00. The van der Waals surface area contributed by atoms with Crippen LogP contribution in [0.1, 0.15) is 0 Å². The fourth-order valence-corrected chi connectivity index (χ4v) is 0. The summed E-state index contributed by atoms with van der Waals surface area (Å²) in [6, 6.07) is 0. The minimum Gasteiger partial charge on any atom is -0.151 e. The zero-order chi connectivity index (χ0) is 6.71. The Kier molecular flexibility index (Phi) is 31200. The quantitative estimate of drug-likeness (QED) is 0.339. The summed E-state index contributed by atoms with van der Waals surface area (Å²) in [6.07, 6.45) is 0. The molecule has 0 aromatic rings. The van der Waals surface area contributed by atoms with Gasteiger partial charge in [0.25, 0.3) is 0 Å². The second-order valence-electron chi connectivity index (χ2n) is 0.183. The van der Waals surface area contributed by atoms with E-state index in [0.717, 1.165) is 0 Å². The lowest BCUT2D eigenvalue weighted by molar-refractivity contribution is 1.42. The van der Waals surface area contributed by atoms with Crippen LogP contribution in [0, 0.1) is 4.91 Å². The van der Waals surface area contributed by atoms with Crippen LogP contribution in [0.5, 0.6) is 0 Å². The summed E-state index contributed by atoms with van der Waals surface area (Å²) in [5.41, 5.74) is 0. The van der Waals surface area contributed by atoms with Crippen LogP contribution < -0.4 is 0 Å². The average molecular weight is 101 g/mol. The largest absolute Gasteiger partial charge is 0.151 e. The van der Waals surface area contributed by atoms with Crippen LogP contribution >= 0.6 is 0 Å². The number of hydrogen-bond donors (Lipinski definition) is 0. The van der Waals surface area contributed by atoms with Gasteiger partial charge in [-0.15, -0.1) is 26.3 Å². The van der Waals surface area contributed by atoms with Crippen LogP contribution in [-0.2, 0) is 0 Å². The highest BCUT2D eigenvalue weighted by Crippen LogP contribution is 1.27. The summed E-state index contributed by atoms with van der Waals surface area (Å²) >= 11 is 0. The van der Waals surface area contributed by atoms with E-state index in [1.165, 1.54) is 7.05 Å². The predicted molar refractivity (Wildman–Crippen MR) is 34.2 cm³/mol. The fraction of sp³-hybridized carbons (Fsp3) is 0.200. The van der Waals surface area contributed by atoms with E-state index in [0.29, 0.717) is 0 Å². The van der Waals surface area contributed by atoms with Gasteiger partial charge in [0, 0.05) is 0 Å². The SMILES string of the molecule is C=C.C=C.CN=O. The van der Waals surface area contributed by atoms with Crippen LogP contribution in [0.4, 0.5) is 0 Å². The van der Waals surface area contributed by atoms with Gasteiger partial charge >= 0.3 is 0 Å². The third-order valence-electron chi connectivity index (χ3n) is 0. The molecule has 0 saturated carbocycles. The topological polar surface area (TPSA) is 29.4 Å². The van der Waals surface area contributed by atoms with Gasteiger partial charge in [-0.05, 0) is 0 Å². The first-order valence-electron chi connectivity index (χ1n) is 1.63. The van der Waals surface area contributed by atoms with E-state index in [2.05, 4.69) is 31.5 Å². The van der Waals surface area contributed by atoms with Gasteiger partial charge in [-0.1, -0.05) is 5.18 Å². The number of nitroso groups, excluding NO2 is 1. The average Bonchev–Trinajstić information content (AvgIpc) is 1.78. The highest BCUT2D eigenvalue weighted by atomic mass is 16.2. The molecule has 2 nitrogen and oxygen atoms in total. The molecule has 0 aliphatic rings. The molecule has 0 spiro atoms. The molecule has 0 saturated heterocycles. The minimum absolute atomic E-state index is 1.19. The van der Waals surface area contributed by atoms with E-state index < -0.39 is 0 Å². The molecule has 0 unspecified atom stereocenters. The Bertz CT molecular complexity index is 27.3. The monoisotopic (exact) mass is 101 g/mol. The third kappa shape index (κ3) is 56.9. The van der Waals surface area contributed by atoms with E-state index in [-0.39, 0.29) is 0 Å².